The molecule has 0 aliphatic carbocycles. The van der Waals surface area contributed by atoms with Crippen molar-refractivity contribution in [2.45, 2.75) is 57.9 Å². The van der Waals surface area contributed by atoms with Gasteiger partial charge in [-0.25, -0.2) is 0 Å². The number of nitrogens with one attached hydrogen (secondary N) is 1. The number of hydrogen-bond donors (Lipinski definition) is 1. The molecule has 0 aromatic carbocycles. The van der Waals surface area contributed by atoms with Gasteiger partial charge in [-0.1, -0.05) is 13.8 Å². The second-order valence-electron chi connectivity index (χ2n) is 5.52. The van der Waals surface area contributed by atoms with Gasteiger partial charge in [-0.2, -0.15) is 11.8 Å². The van der Waals surface area contributed by atoms with Crippen LogP contribution in [0.3, 0.4) is 0 Å². The van der Waals surface area contributed by atoms with Crippen LogP contribution in [0.15, 0.2) is 0 Å². The Morgan fingerprint density at radius 1 is 1.38 bits per heavy atom. The van der Waals surface area contributed by atoms with Gasteiger partial charge in [-0.05, 0) is 27.2 Å². The van der Waals surface area contributed by atoms with Gasteiger partial charge >= 0.3 is 0 Å². The third-order valence-corrected chi connectivity index (χ3v) is 5.24. The lowest BCUT2D eigenvalue weighted by molar-refractivity contribution is 0.204. The maximum atomic E-state index is 3.64. The summed E-state index contributed by atoms with van der Waals surface area (Å²) >= 11 is 2.11. The minimum Gasteiger partial charge on any atom is -0.311 e. The first kappa shape index (κ1) is 14.3. The molecule has 2 nitrogen and oxygen atoms in total. The normalized spacial score (nSPS) is 28.3. The molecule has 3 heteroatoms. The molecule has 1 rings (SSSR count). The molecule has 0 aromatic rings. The van der Waals surface area contributed by atoms with Crippen LogP contribution < -0.4 is 5.32 Å². The van der Waals surface area contributed by atoms with Crippen LogP contribution in [0, 0.1) is 0 Å². The summed E-state index contributed by atoms with van der Waals surface area (Å²) in [5, 5.41) is 4.43. The van der Waals surface area contributed by atoms with Crippen molar-refractivity contribution in [2.24, 2.45) is 0 Å². The summed E-state index contributed by atoms with van der Waals surface area (Å²) < 4.78 is 0. The Kier molecular flexibility index (Phi) is 5.62. The minimum absolute atomic E-state index is 0.291. The van der Waals surface area contributed by atoms with Gasteiger partial charge in [0, 0.05) is 42.2 Å². The van der Waals surface area contributed by atoms with E-state index in [0.717, 1.165) is 17.8 Å². The first-order valence-corrected chi connectivity index (χ1v) is 7.62. The lowest BCUT2D eigenvalue weighted by Gasteiger charge is -2.38. The molecule has 2 atom stereocenters. The van der Waals surface area contributed by atoms with E-state index in [2.05, 4.69) is 56.6 Å². The minimum atomic E-state index is 0.291. The van der Waals surface area contributed by atoms with Crippen LogP contribution in [0.25, 0.3) is 0 Å². The van der Waals surface area contributed by atoms with Crippen LogP contribution >= 0.6 is 11.8 Å². The highest BCUT2D eigenvalue weighted by atomic mass is 32.2. The summed E-state index contributed by atoms with van der Waals surface area (Å²) in [5.74, 6) is 1.29. The van der Waals surface area contributed by atoms with Crippen LogP contribution in [0.1, 0.15) is 41.0 Å². The molecule has 1 fully saturated rings. The Morgan fingerprint density at radius 2 is 2.06 bits per heavy atom. The third-order valence-electron chi connectivity index (χ3n) is 3.90. The second-order valence-corrected chi connectivity index (χ2v) is 7.00. The largest absolute Gasteiger partial charge is 0.311 e. The molecule has 1 aliphatic rings. The van der Waals surface area contributed by atoms with E-state index in [1.54, 1.807) is 0 Å². The van der Waals surface area contributed by atoms with Gasteiger partial charge in [0.1, 0.15) is 0 Å². The topological polar surface area (TPSA) is 15.3 Å². The summed E-state index contributed by atoms with van der Waals surface area (Å²) in [6.45, 7) is 15.1. The van der Waals surface area contributed by atoms with Gasteiger partial charge in [0.15, 0.2) is 0 Å². The standard InChI is InChI=1S/C13H28N2S/c1-6-13(4,5)14-7-8-15-9-10-16-12(3)11(15)2/h11-12,14H,6-10H2,1-5H3. The number of rotatable bonds is 5. The zero-order chi connectivity index (χ0) is 12.2. The average molecular weight is 244 g/mol. The fourth-order valence-corrected chi connectivity index (χ4v) is 3.14. The Bertz CT molecular complexity index is 206. The van der Waals surface area contributed by atoms with Crippen LogP contribution in [0.5, 0.6) is 0 Å². The average Bonchev–Trinajstić information content (AvgIpc) is 2.24. The Morgan fingerprint density at radius 3 is 2.69 bits per heavy atom. The van der Waals surface area contributed by atoms with E-state index < -0.39 is 0 Å². The first-order chi connectivity index (χ1) is 7.46. The van der Waals surface area contributed by atoms with Gasteiger partial charge in [-0.3, -0.25) is 4.90 Å². The van der Waals surface area contributed by atoms with Crippen LogP contribution in [-0.4, -0.2) is 47.1 Å². The monoisotopic (exact) mass is 244 g/mol. The fraction of sp³-hybridized carbons (Fsp3) is 1.00. The molecule has 0 bridgehead atoms. The van der Waals surface area contributed by atoms with Crippen LogP contribution in [0.2, 0.25) is 0 Å². The molecule has 1 N–H and O–H groups in total. The van der Waals surface area contributed by atoms with Crippen molar-refractivity contribution in [3.8, 4) is 0 Å². The smallest absolute Gasteiger partial charge is 0.0184 e. The maximum Gasteiger partial charge on any atom is 0.0184 e. The van der Waals surface area contributed by atoms with Crippen LogP contribution in [0.4, 0.5) is 0 Å². The quantitative estimate of drug-likeness (QED) is 0.800. The molecule has 0 spiro atoms. The molecule has 1 aliphatic heterocycles. The molecule has 2 unspecified atom stereocenters. The highest BCUT2D eigenvalue weighted by Gasteiger charge is 2.25. The maximum absolute atomic E-state index is 3.64. The third kappa shape index (κ3) is 4.27. The van der Waals surface area contributed by atoms with Crippen molar-refractivity contribution in [3.63, 3.8) is 0 Å². The Hall–Kier alpha value is 0.270. The first-order valence-electron chi connectivity index (χ1n) is 6.57. The van der Waals surface area contributed by atoms with Crippen molar-refractivity contribution < 1.29 is 0 Å². The van der Waals surface area contributed by atoms with E-state index in [1.165, 1.54) is 25.3 Å². The van der Waals surface area contributed by atoms with Crippen molar-refractivity contribution in [3.05, 3.63) is 0 Å². The van der Waals surface area contributed by atoms with Gasteiger partial charge in [0.25, 0.3) is 0 Å². The van der Waals surface area contributed by atoms with E-state index in [0.29, 0.717) is 5.54 Å². The summed E-state index contributed by atoms with van der Waals surface area (Å²) in [5.41, 5.74) is 0.291. The van der Waals surface area contributed by atoms with Crippen molar-refractivity contribution in [2.75, 3.05) is 25.4 Å². The van der Waals surface area contributed by atoms with Crippen molar-refractivity contribution in [1.82, 2.24) is 10.2 Å². The van der Waals surface area contributed by atoms with Crippen LogP contribution in [-0.2, 0) is 0 Å². The zero-order valence-electron chi connectivity index (χ0n) is 11.5. The van der Waals surface area contributed by atoms with Gasteiger partial charge in [0.2, 0.25) is 0 Å². The van der Waals surface area contributed by atoms with E-state index in [9.17, 15) is 0 Å². The predicted octanol–water partition coefficient (Wildman–Crippen LogP) is 2.59. The summed E-state index contributed by atoms with van der Waals surface area (Å²) in [7, 11) is 0. The molecule has 1 saturated heterocycles. The summed E-state index contributed by atoms with van der Waals surface area (Å²) in [6.07, 6.45) is 1.19. The van der Waals surface area contributed by atoms with E-state index >= 15 is 0 Å². The lowest BCUT2D eigenvalue weighted by Crippen LogP contribution is -2.49. The highest BCUT2D eigenvalue weighted by molar-refractivity contribution is 8.00. The van der Waals surface area contributed by atoms with E-state index in [4.69, 9.17) is 0 Å². The predicted molar refractivity (Wildman–Crippen MR) is 75.3 cm³/mol. The van der Waals surface area contributed by atoms with Crippen molar-refractivity contribution in [1.29, 1.82) is 0 Å². The van der Waals surface area contributed by atoms with Gasteiger partial charge in [-0.15, -0.1) is 0 Å². The molecule has 0 aromatic heterocycles. The van der Waals surface area contributed by atoms with E-state index in [1.807, 2.05) is 0 Å². The molecular weight excluding hydrogens is 216 g/mol. The number of nitrogens with zero attached hydrogens (tertiary/aromatic N) is 1. The molecule has 16 heavy (non-hydrogen) atoms. The summed E-state index contributed by atoms with van der Waals surface area (Å²) in [6, 6.07) is 0.727. The lowest BCUT2D eigenvalue weighted by atomic mass is 10.0. The molecule has 0 saturated carbocycles. The second kappa shape index (κ2) is 6.27. The van der Waals surface area contributed by atoms with Gasteiger partial charge < -0.3 is 5.32 Å². The molecule has 96 valence electrons. The zero-order valence-corrected chi connectivity index (χ0v) is 12.4. The molecule has 0 amide bonds. The molecule has 1 heterocycles. The van der Waals surface area contributed by atoms with Gasteiger partial charge in [0.05, 0.1) is 0 Å². The van der Waals surface area contributed by atoms with E-state index in [-0.39, 0.29) is 0 Å². The number of thioether (sulfide) groups is 1. The Balaban J connectivity index is 2.27. The highest BCUT2D eigenvalue weighted by Crippen LogP contribution is 2.23. The Labute approximate surface area is 106 Å². The fourth-order valence-electron chi connectivity index (χ4n) is 1.97. The SMILES string of the molecule is CCC(C)(C)NCCN1CCSC(C)C1C. The summed E-state index contributed by atoms with van der Waals surface area (Å²) in [4.78, 5) is 2.62. The molecule has 0 radical (unpaired) electrons. The number of hydrogen-bond acceptors (Lipinski definition) is 3. The molecular formula is C13H28N2S. The van der Waals surface area contributed by atoms with Crippen molar-refractivity contribution >= 4 is 11.8 Å².